The SMILES string of the molecule is Cl.O=C(CN1CCNCC1)Nc1ccc(Br)cc1. The third-order valence-electron chi connectivity index (χ3n) is 2.70. The van der Waals surface area contributed by atoms with Crippen molar-refractivity contribution >= 4 is 39.9 Å². The summed E-state index contributed by atoms with van der Waals surface area (Å²) in [6.45, 7) is 4.27. The lowest BCUT2D eigenvalue weighted by Gasteiger charge is -2.26. The molecule has 0 atom stereocenters. The van der Waals surface area contributed by atoms with Crippen LogP contribution in [0.5, 0.6) is 0 Å². The zero-order chi connectivity index (χ0) is 12.1. The van der Waals surface area contributed by atoms with E-state index in [0.717, 1.165) is 36.3 Å². The molecule has 0 radical (unpaired) electrons. The van der Waals surface area contributed by atoms with E-state index in [9.17, 15) is 4.79 Å². The Balaban J connectivity index is 0.00000162. The number of benzene rings is 1. The van der Waals surface area contributed by atoms with Crippen molar-refractivity contribution in [3.8, 4) is 0 Å². The number of carbonyl (C=O) groups excluding carboxylic acids is 1. The first-order chi connectivity index (χ1) is 8.24. The van der Waals surface area contributed by atoms with Gasteiger partial charge in [-0.2, -0.15) is 0 Å². The second-order valence-corrected chi connectivity index (χ2v) is 5.00. The van der Waals surface area contributed by atoms with Crippen molar-refractivity contribution in [2.75, 3.05) is 38.0 Å². The van der Waals surface area contributed by atoms with E-state index in [2.05, 4.69) is 31.5 Å². The lowest BCUT2D eigenvalue weighted by molar-refractivity contribution is -0.117. The van der Waals surface area contributed by atoms with Crippen molar-refractivity contribution in [2.24, 2.45) is 0 Å². The number of hydrogen-bond acceptors (Lipinski definition) is 3. The Morgan fingerprint density at radius 3 is 2.50 bits per heavy atom. The van der Waals surface area contributed by atoms with E-state index in [1.165, 1.54) is 0 Å². The van der Waals surface area contributed by atoms with Crippen molar-refractivity contribution in [2.45, 2.75) is 0 Å². The fraction of sp³-hybridized carbons (Fsp3) is 0.417. The number of anilines is 1. The predicted octanol–water partition coefficient (Wildman–Crippen LogP) is 1.71. The van der Waals surface area contributed by atoms with Crippen molar-refractivity contribution in [3.05, 3.63) is 28.7 Å². The molecule has 4 nitrogen and oxygen atoms in total. The van der Waals surface area contributed by atoms with Crippen molar-refractivity contribution in [3.63, 3.8) is 0 Å². The van der Waals surface area contributed by atoms with Crippen LogP contribution in [0.15, 0.2) is 28.7 Å². The largest absolute Gasteiger partial charge is 0.325 e. The maximum Gasteiger partial charge on any atom is 0.238 e. The topological polar surface area (TPSA) is 44.4 Å². The monoisotopic (exact) mass is 333 g/mol. The molecule has 0 aliphatic carbocycles. The summed E-state index contributed by atoms with van der Waals surface area (Å²) in [5.74, 6) is 0.0502. The summed E-state index contributed by atoms with van der Waals surface area (Å²) >= 11 is 3.36. The zero-order valence-corrected chi connectivity index (χ0v) is 12.4. The lowest BCUT2D eigenvalue weighted by Crippen LogP contribution is -2.46. The Morgan fingerprint density at radius 1 is 1.28 bits per heavy atom. The van der Waals surface area contributed by atoms with E-state index >= 15 is 0 Å². The molecule has 1 aromatic carbocycles. The minimum Gasteiger partial charge on any atom is -0.325 e. The van der Waals surface area contributed by atoms with Gasteiger partial charge in [-0.3, -0.25) is 9.69 Å². The van der Waals surface area contributed by atoms with Gasteiger partial charge in [0.15, 0.2) is 0 Å². The number of piperazine rings is 1. The fourth-order valence-electron chi connectivity index (χ4n) is 1.81. The van der Waals surface area contributed by atoms with E-state index in [4.69, 9.17) is 0 Å². The Bertz CT molecular complexity index is 379. The molecule has 18 heavy (non-hydrogen) atoms. The molecule has 2 N–H and O–H groups in total. The van der Waals surface area contributed by atoms with E-state index in [1.54, 1.807) is 0 Å². The summed E-state index contributed by atoms with van der Waals surface area (Å²) < 4.78 is 1.01. The van der Waals surface area contributed by atoms with Gasteiger partial charge in [0.2, 0.25) is 5.91 Å². The molecule has 1 fully saturated rings. The Hall–Kier alpha value is -0.620. The molecule has 1 saturated heterocycles. The number of halogens is 2. The number of nitrogens with one attached hydrogen (secondary N) is 2. The highest BCUT2D eigenvalue weighted by Crippen LogP contribution is 2.13. The van der Waals surface area contributed by atoms with Crippen LogP contribution in [0.2, 0.25) is 0 Å². The second kappa shape index (κ2) is 7.74. The Kier molecular flexibility index (Phi) is 6.63. The molecule has 1 aromatic rings. The van der Waals surface area contributed by atoms with Crippen molar-refractivity contribution in [1.82, 2.24) is 10.2 Å². The molecule has 1 aliphatic rings. The van der Waals surface area contributed by atoms with Crippen LogP contribution >= 0.6 is 28.3 Å². The molecule has 0 spiro atoms. The molecule has 2 rings (SSSR count). The van der Waals surface area contributed by atoms with Crippen LogP contribution in [-0.4, -0.2) is 43.5 Å². The molecule has 1 aliphatic heterocycles. The third-order valence-corrected chi connectivity index (χ3v) is 3.23. The van der Waals surface area contributed by atoms with Crippen LogP contribution in [-0.2, 0) is 4.79 Å². The number of carbonyl (C=O) groups is 1. The van der Waals surface area contributed by atoms with Crippen LogP contribution < -0.4 is 10.6 Å². The average Bonchev–Trinajstić information content (AvgIpc) is 2.33. The molecule has 0 saturated carbocycles. The number of amides is 1. The molecule has 1 heterocycles. The average molecular weight is 335 g/mol. The molecule has 0 aromatic heterocycles. The van der Waals surface area contributed by atoms with Crippen LogP contribution in [0.25, 0.3) is 0 Å². The van der Waals surface area contributed by atoms with Gasteiger partial charge in [0, 0.05) is 36.3 Å². The second-order valence-electron chi connectivity index (χ2n) is 4.08. The highest BCUT2D eigenvalue weighted by atomic mass is 79.9. The molecular weight excluding hydrogens is 318 g/mol. The first kappa shape index (κ1) is 15.4. The molecule has 1 amide bonds. The minimum absolute atomic E-state index is 0. The van der Waals surface area contributed by atoms with Crippen LogP contribution in [0.1, 0.15) is 0 Å². The predicted molar refractivity (Wildman–Crippen MR) is 79.3 cm³/mol. The summed E-state index contributed by atoms with van der Waals surface area (Å²) in [5, 5.41) is 6.16. The Morgan fingerprint density at radius 2 is 1.89 bits per heavy atom. The smallest absolute Gasteiger partial charge is 0.238 e. The minimum atomic E-state index is 0. The van der Waals surface area contributed by atoms with Crippen molar-refractivity contribution in [1.29, 1.82) is 0 Å². The highest BCUT2D eigenvalue weighted by Gasteiger charge is 2.13. The van der Waals surface area contributed by atoms with Gasteiger partial charge < -0.3 is 10.6 Å². The lowest BCUT2D eigenvalue weighted by atomic mass is 10.3. The van der Waals surface area contributed by atoms with Gasteiger partial charge >= 0.3 is 0 Å². The number of hydrogen-bond donors (Lipinski definition) is 2. The molecule has 0 bridgehead atoms. The summed E-state index contributed by atoms with van der Waals surface area (Å²) in [5.41, 5.74) is 0.841. The molecule has 100 valence electrons. The van der Waals surface area contributed by atoms with E-state index < -0.39 is 0 Å². The maximum atomic E-state index is 11.8. The van der Waals surface area contributed by atoms with Crippen LogP contribution in [0, 0.1) is 0 Å². The first-order valence-electron chi connectivity index (χ1n) is 5.72. The van der Waals surface area contributed by atoms with Crippen LogP contribution in [0.3, 0.4) is 0 Å². The maximum absolute atomic E-state index is 11.8. The number of nitrogens with zero attached hydrogens (tertiary/aromatic N) is 1. The van der Waals surface area contributed by atoms with Gasteiger partial charge in [-0.25, -0.2) is 0 Å². The van der Waals surface area contributed by atoms with Crippen molar-refractivity contribution < 1.29 is 4.79 Å². The van der Waals surface area contributed by atoms with Crippen LogP contribution in [0.4, 0.5) is 5.69 Å². The summed E-state index contributed by atoms with van der Waals surface area (Å²) in [4.78, 5) is 13.9. The summed E-state index contributed by atoms with van der Waals surface area (Å²) in [6.07, 6.45) is 0. The normalized spacial score (nSPS) is 15.8. The number of rotatable bonds is 3. The van der Waals surface area contributed by atoms with Gasteiger partial charge in [-0.1, -0.05) is 15.9 Å². The first-order valence-corrected chi connectivity index (χ1v) is 6.52. The van der Waals surface area contributed by atoms with E-state index in [-0.39, 0.29) is 18.3 Å². The zero-order valence-electron chi connectivity index (χ0n) is 9.99. The van der Waals surface area contributed by atoms with E-state index in [0.29, 0.717) is 6.54 Å². The highest BCUT2D eigenvalue weighted by molar-refractivity contribution is 9.10. The van der Waals surface area contributed by atoms with Gasteiger partial charge in [-0.15, -0.1) is 12.4 Å². The quantitative estimate of drug-likeness (QED) is 0.884. The van der Waals surface area contributed by atoms with Gasteiger partial charge in [0.05, 0.1) is 6.54 Å². The molecule has 6 heteroatoms. The van der Waals surface area contributed by atoms with E-state index in [1.807, 2.05) is 24.3 Å². The Labute approximate surface area is 122 Å². The molecule has 0 unspecified atom stereocenters. The van der Waals surface area contributed by atoms with Gasteiger partial charge in [0.25, 0.3) is 0 Å². The van der Waals surface area contributed by atoms with Gasteiger partial charge in [0.1, 0.15) is 0 Å². The fourth-order valence-corrected chi connectivity index (χ4v) is 2.07. The standard InChI is InChI=1S/C12H16BrN3O.ClH/c13-10-1-3-11(4-2-10)15-12(17)9-16-7-5-14-6-8-16;/h1-4,14H,5-9H2,(H,15,17);1H. The summed E-state index contributed by atoms with van der Waals surface area (Å²) in [6, 6.07) is 7.61. The molecular formula is C12H17BrClN3O. The summed E-state index contributed by atoms with van der Waals surface area (Å²) in [7, 11) is 0. The third kappa shape index (κ3) is 4.94. The van der Waals surface area contributed by atoms with Gasteiger partial charge in [-0.05, 0) is 24.3 Å².